The number of hydrogen-bond donors (Lipinski definition) is 0. The molecule has 0 spiro atoms. The maximum atomic E-state index is 11.9. The Bertz CT molecular complexity index is 394. The molecule has 1 unspecified atom stereocenters. The molecule has 4 heteroatoms. The van der Waals surface area contributed by atoms with Crippen molar-refractivity contribution in [1.82, 2.24) is 9.80 Å². The zero-order chi connectivity index (χ0) is 13.0. The molecule has 98 valence electrons. The zero-order valence-corrected chi connectivity index (χ0v) is 11.0. The van der Waals surface area contributed by atoms with Gasteiger partial charge in [-0.05, 0) is 38.1 Å². The van der Waals surface area contributed by atoms with E-state index in [1.807, 2.05) is 18.2 Å². The van der Waals surface area contributed by atoms with Crippen molar-refractivity contribution in [2.24, 2.45) is 5.92 Å². The predicted octanol–water partition coefficient (Wildman–Crippen LogP) is 2.07. The summed E-state index contributed by atoms with van der Waals surface area (Å²) in [6.45, 7) is 2.94. The highest BCUT2D eigenvalue weighted by atomic mass is 16.6. The van der Waals surface area contributed by atoms with E-state index in [2.05, 4.69) is 11.9 Å². The van der Waals surface area contributed by atoms with Crippen LogP contribution in [-0.2, 0) is 0 Å². The number of para-hydroxylation sites is 1. The number of benzene rings is 1. The molecule has 1 aliphatic heterocycles. The second-order valence-electron chi connectivity index (χ2n) is 4.98. The van der Waals surface area contributed by atoms with Gasteiger partial charge in [0, 0.05) is 20.1 Å². The summed E-state index contributed by atoms with van der Waals surface area (Å²) in [5, 5.41) is 0. The number of carbonyl (C=O) groups is 1. The van der Waals surface area contributed by atoms with Crippen molar-refractivity contribution in [2.45, 2.75) is 6.42 Å². The number of nitrogens with zero attached hydrogens (tertiary/aromatic N) is 2. The Hall–Kier alpha value is -1.55. The van der Waals surface area contributed by atoms with Gasteiger partial charge < -0.3 is 14.5 Å². The van der Waals surface area contributed by atoms with Crippen LogP contribution in [0.5, 0.6) is 5.75 Å². The van der Waals surface area contributed by atoms with Crippen LogP contribution in [0.2, 0.25) is 0 Å². The number of ether oxygens (including phenoxy) is 1. The van der Waals surface area contributed by atoms with Gasteiger partial charge in [-0.2, -0.15) is 0 Å². The number of amides is 1. The standard InChI is InChI=1S/C14H20N2O2/c1-15-9-8-12(10-15)11-16(2)14(17)18-13-6-4-3-5-7-13/h3-7,12H,8-11H2,1-2H3. The van der Waals surface area contributed by atoms with Crippen LogP contribution in [0.25, 0.3) is 0 Å². The third-order valence-electron chi connectivity index (χ3n) is 3.28. The third kappa shape index (κ3) is 3.47. The highest BCUT2D eigenvalue weighted by Crippen LogP contribution is 2.16. The van der Waals surface area contributed by atoms with Crippen LogP contribution in [-0.4, -0.2) is 49.6 Å². The van der Waals surface area contributed by atoms with Crippen molar-refractivity contribution in [2.75, 3.05) is 33.7 Å². The molecule has 1 atom stereocenters. The Morgan fingerprint density at radius 3 is 2.78 bits per heavy atom. The van der Waals surface area contributed by atoms with E-state index < -0.39 is 0 Å². The summed E-state index contributed by atoms with van der Waals surface area (Å²) in [4.78, 5) is 15.8. The molecular formula is C14H20N2O2. The fraction of sp³-hybridized carbons (Fsp3) is 0.500. The predicted molar refractivity (Wildman–Crippen MR) is 70.7 cm³/mol. The highest BCUT2D eigenvalue weighted by Gasteiger charge is 2.23. The summed E-state index contributed by atoms with van der Waals surface area (Å²) in [6, 6.07) is 9.18. The van der Waals surface area contributed by atoms with E-state index in [0.717, 1.165) is 26.1 Å². The SMILES string of the molecule is CN1CCC(CN(C)C(=O)Oc2ccccc2)C1. The number of hydrogen-bond acceptors (Lipinski definition) is 3. The van der Waals surface area contributed by atoms with E-state index in [0.29, 0.717) is 11.7 Å². The van der Waals surface area contributed by atoms with Crippen LogP contribution >= 0.6 is 0 Å². The maximum Gasteiger partial charge on any atom is 0.414 e. The first kappa shape index (κ1) is 12.9. The van der Waals surface area contributed by atoms with E-state index in [-0.39, 0.29) is 6.09 Å². The van der Waals surface area contributed by atoms with Crippen molar-refractivity contribution >= 4 is 6.09 Å². The van der Waals surface area contributed by atoms with Crippen molar-refractivity contribution < 1.29 is 9.53 Å². The van der Waals surface area contributed by atoms with E-state index >= 15 is 0 Å². The first-order valence-corrected chi connectivity index (χ1v) is 6.31. The minimum atomic E-state index is -0.282. The molecule has 1 heterocycles. The monoisotopic (exact) mass is 248 g/mol. The van der Waals surface area contributed by atoms with Crippen LogP contribution in [0.1, 0.15) is 6.42 Å². The average molecular weight is 248 g/mol. The Balaban J connectivity index is 1.82. The molecule has 2 rings (SSSR count). The van der Waals surface area contributed by atoms with Crippen LogP contribution in [0, 0.1) is 5.92 Å². The van der Waals surface area contributed by atoms with Crippen molar-refractivity contribution in [3.05, 3.63) is 30.3 Å². The number of carbonyl (C=O) groups excluding carboxylic acids is 1. The fourth-order valence-corrected chi connectivity index (χ4v) is 2.30. The topological polar surface area (TPSA) is 32.8 Å². The molecule has 0 radical (unpaired) electrons. The molecule has 18 heavy (non-hydrogen) atoms. The van der Waals surface area contributed by atoms with Gasteiger partial charge in [0.05, 0.1) is 0 Å². The summed E-state index contributed by atoms with van der Waals surface area (Å²) < 4.78 is 5.29. The third-order valence-corrected chi connectivity index (χ3v) is 3.28. The Morgan fingerprint density at radius 2 is 2.17 bits per heavy atom. The lowest BCUT2D eigenvalue weighted by molar-refractivity contribution is 0.156. The van der Waals surface area contributed by atoms with E-state index in [4.69, 9.17) is 4.74 Å². The van der Waals surface area contributed by atoms with Gasteiger partial charge in [0.25, 0.3) is 0 Å². The van der Waals surface area contributed by atoms with Crippen LogP contribution in [0.4, 0.5) is 4.79 Å². The smallest absolute Gasteiger partial charge is 0.410 e. The minimum Gasteiger partial charge on any atom is -0.410 e. The number of likely N-dealkylation sites (tertiary alicyclic amines) is 1. The molecular weight excluding hydrogens is 228 g/mol. The molecule has 1 amide bonds. The van der Waals surface area contributed by atoms with Gasteiger partial charge in [-0.15, -0.1) is 0 Å². The van der Waals surface area contributed by atoms with E-state index in [9.17, 15) is 4.79 Å². The van der Waals surface area contributed by atoms with Crippen LogP contribution < -0.4 is 4.74 Å². The molecule has 1 aromatic carbocycles. The summed E-state index contributed by atoms with van der Waals surface area (Å²) in [6.07, 6.45) is 0.871. The minimum absolute atomic E-state index is 0.282. The van der Waals surface area contributed by atoms with Gasteiger partial charge >= 0.3 is 6.09 Å². The van der Waals surface area contributed by atoms with Gasteiger partial charge in [0.15, 0.2) is 0 Å². The Kier molecular flexibility index (Phi) is 4.20. The summed E-state index contributed by atoms with van der Waals surface area (Å²) in [7, 11) is 3.91. The lowest BCUT2D eigenvalue weighted by Crippen LogP contribution is -2.34. The fourth-order valence-electron chi connectivity index (χ4n) is 2.30. The van der Waals surface area contributed by atoms with Crippen molar-refractivity contribution in [3.63, 3.8) is 0 Å². The Morgan fingerprint density at radius 1 is 1.44 bits per heavy atom. The molecule has 1 saturated heterocycles. The second kappa shape index (κ2) is 5.87. The van der Waals surface area contributed by atoms with Gasteiger partial charge in [-0.3, -0.25) is 0 Å². The van der Waals surface area contributed by atoms with Crippen molar-refractivity contribution in [3.8, 4) is 5.75 Å². The Labute approximate surface area is 108 Å². The summed E-state index contributed by atoms with van der Waals surface area (Å²) in [5.41, 5.74) is 0. The average Bonchev–Trinajstić information content (AvgIpc) is 2.76. The van der Waals surface area contributed by atoms with Crippen LogP contribution in [0.15, 0.2) is 30.3 Å². The largest absolute Gasteiger partial charge is 0.414 e. The maximum absolute atomic E-state index is 11.9. The summed E-state index contributed by atoms with van der Waals surface area (Å²) in [5.74, 6) is 1.15. The molecule has 0 saturated carbocycles. The van der Waals surface area contributed by atoms with Crippen molar-refractivity contribution in [1.29, 1.82) is 0 Å². The molecule has 4 nitrogen and oxygen atoms in total. The van der Waals surface area contributed by atoms with Gasteiger partial charge in [-0.1, -0.05) is 18.2 Å². The van der Waals surface area contributed by atoms with Gasteiger partial charge in [0.1, 0.15) is 5.75 Å². The second-order valence-corrected chi connectivity index (χ2v) is 4.98. The van der Waals surface area contributed by atoms with E-state index in [1.54, 1.807) is 24.1 Å². The lowest BCUT2D eigenvalue weighted by Gasteiger charge is -2.20. The quantitative estimate of drug-likeness (QED) is 0.821. The first-order valence-electron chi connectivity index (χ1n) is 6.31. The zero-order valence-electron chi connectivity index (χ0n) is 11.0. The van der Waals surface area contributed by atoms with Gasteiger partial charge in [0.2, 0.25) is 0 Å². The van der Waals surface area contributed by atoms with Crippen LogP contribution in [0.3, 0.4) is 0 Å². The van der Waals surface area contributed by atoms with E-state index in [1.165, 1.54) is 0 Å². The molecule has 1 fully saturated rings. The molecule has 0 N–H and O–H groups in total. The van der Waals surface area contributed by atoms with Gasteiger partial charge in [-0.25, -0.2) is 4.79 Å². The number of rotatable bonds is 3. The first-order chi connectivity index (χ1) is 8.65. The molecule has 1 aliphatic rings. The molecule has 0 bridgehead atoms. The molecule has 1 aromatic rings. The summed E-state index contributed by atoms with van der Waals surface area (Å²) >= 11 is 0. The molecule has 0 aromatic heterocycles. The normalized spacial score (nSPS) is 19.8. The lowest BCUT2D eigenvalue weighted by atomic mass is 10.1. The highest BCUT2D eigenvalue weighted by molar-refractivity contribution is 5.70. The molecule has 0 aliphatic carbocycles.